The molecule has 0 unspecified atom stereocenters. The van der Waals surface area contributed by atoms with Crippen LogP contribution in [0, 0.1) is 0 Å². The van der Waals surface area contributed by atoms with Gasteiger partial charge in [-0.15, -0.1) is 0 Å². The molecule has 0 spiro atoms. The molecule has 0 aliphatic heterocycles. The normalized spacial score (nSPS) is 10.3. The van der Waals surface area contributed by atoms with Crippen molar-refractivity contribution in [2.75, 3.05) is 5.73 Å². The summed E-state index contributed by atoms with van der Waals surface area (Å²) in [5, 5.41) is 14.9. The fraction of sp³-hybridized carbons (Fsp3) is 0.143. The van der Waals surface area contributed by atoms with Crippen molar-refractivity contribution in [1.29, 1.82) is 0 Å². The van der Waals surface area contributed by atoms with E-state index in [0.717, 1.165) is 5.56 Å². The molecule has 0 saturated carbocycles. The molecular formula is C14H13N3O4. The summed E-state index contributed by atoms with van der Waals surface area (Å²) in [6.07, 6.45) is -0.172. The number of carboxylic acid groups (broad SMARTS) is 1. The Balaban J connectivity index is 2.04. The van der Waals surface area contributed by atoms with Crippen molar-refractivity contribution in [3.05, 3.63) is 47.3 Å². The third-order valence-corrected chi connectivity index (χ3v) is 2.85. The molecule has 0 saturated heterocycles. The van der Waals surface area contributed by atoms with Crippen molar-refractivity contribution in [3.63, 3.8) is 0 Å². The number of anilines is 1. The average molecular weight is 287 g/mol. The van der Waals surface area contributed by atoms with Gasteiger partial charge in [0.25, 0.3) is 0 Å². The molecule has 1 aromatic carbocycles. The van der Waals surface area contributed by atoms with Crippen LogP contribution in [0.5, 0.6) is 0 Å². The van der Waals surface area contributed by atoms with Crippen LogP contribution in [0.1, 0.15) is 28.2 Å². The van der Waals surface area contributed by atoms with E-state index in [-0.39, 0.29) is 5.69 Å². The lowest BCUT2D eigenvalue weighted by Crippen LogP contribution is -2.17. The lowest BCUT2D eigenvalue weighted by Gasteiger charge is -1.98. The number of hydrogen-bond donors (Lipinski definition) is 3. The lowest BCUT2D eigenvalue weighted by molar-refractivity contribution is -0.148. The van der Waals surface area contributed by atoms with E-state index in [4.69, 9.17) is 10.8 Å². The third kappa shape index (κ3) is 3.75. The van der Waals surface area contributed by atoms with Crippen LogP contribution < -0.4 is 5.73 Å². The number of benzene rings is 1. The number of nitrogens with one attached hydrogen (secondary N) is 1. The molecule has 4 N–H and O–H groups in total. The number of carbonyl (C=O) groups is 3. The number of carboxylic acids is 1. The van der Waals surface area contributed by atoms with Gasteiger partial charge in [-0.1, -0.05) is 12.1 Å². The van der Waals surface area contributed by atoms with Gasteiger partial charge in [-0.05, 0) is 23.8 Å². The summed E-state index contributed by atoms with van der Waals surface area (Å²) in [5.74, 6) is -3.40. The number of Topliss-reactive ketones (excluding diaryl/α,β-unsaturated/α-hetero) is 2. The molecule has 21 heavy (non-hydrogen) atoms. The first kappa shape index (κ1) is 14.4. The Bertz CT molecular complexity index is 688. The molecule has 0 aliphatic carbocycles. The van der Waals surface area contributed by atoms with E-state index in [1.54, 1.807) is 12.1 Å². The topological polar surface area (TPSA) is 126 Å². The maximum absolute atomic E-state index is 11.7. The van der Waals surface area contributed by atoms with Crippen LogP contribution in [0.15, 0.2) is 30.3 Å². The summed E-state index contributed by atoms with van der Waals surface area (Å²) in [7, 11) is 0. The molecule has 7 nitrogen and oxygen atoms in total. The molecule has 2 rings (SSSR count). The van der Waals surface area contributed by atoms with E-state index in [1.165, 1.54) is 6.07 Å². The zero-order chi connectivity index (χ0) is 15.4. The summed E-state index contributed by atoms with van der Waals surface area (Å²) >= 11 is 0. The summed E-state index contributed by atoms with van der Waals surface area (Å²) in [6.45, 7) is 0. The van der Waals surface area contributed by atoms with E-state index >= 15 is 0 Å². The molecule has 0 radical (unpaired) electrons. The highest BCUT2D eigenvalue weighted by atomic mass is 16.4. The first-order valence-electron chi connectivity index (χ1n) is 6.13. The molecule has 1 heterocycles. The van der Waals surface area contributed by atoms with E-state index < -0.39 is 24.0 Å². The van der Waals surface area contributed by atoms with Crippen molar-refractivity contribution < 1.29 is 19.5 Å². The van der Waals surface area contributed by atoms with Crippen LogP contribution in [0.2, 0.25) is 0 Å². The number of nitrogens with two attached hydrogens (primary N) is 1. The fourth-order valence-corrected chi connectivity index (χ4v) is 1.76. The maximum Gasteiger partial charge on any atom is 0.372 e. The predicted molar refractivity (Wildman–Crippen MR) is 73.8 cm³/mol. The Morgan fingerprint density at radius 3 is 2.48 bits per heavy atom. The number of aromatic amines is 1. The fourth-order valence-electron chi connectivity index (χ4n) is 1.76. The van der Waals surface area contributed by atoms with Crippen LogP contribution in [0.3, 0.4) is 0 Å². The van der Waals surface area contributed by atoms with E-state index in [1.807, 2.05) is 12.1 Å². The largest absolute Gasteiger partial charge is 0.475 e. The smallest absolute Gasteiger partial charge is 0.372 e. The van der Waals surface area contributed by atoms with Crippen molar-refractivity contribution in [2.45, 2.75) is 12.8 Å². The van der Waals surface area contributed by atoms with E-state index in [2.05, 4.69) is 10.2 Å². The first-order chi connectivity index (χ1) is 9.95. The minimum Gasteiger partial charge on any atom is -0.475 e. The minimum absolute atomic E-state index is 0.0510. The van der Waals surface area contributed by atoms with Gasteiger partial charge in [0.2, 0.25) is 5.78 Å². The van der Waals surface area contributed by atoms with E-state index in [0.29, 0.717) is 17.8 Å². The zero-order valence-corrected chi connectivity index (χ0v) is 11.0. The van der Waals surface area contributed by atoms with Crippen LogP contribution in [0.25, 0.3) is 0 Å². The number of aliphatic carboxylic acids is 1. The maximum atomic E-state index is 11.7. The lowest BCUT2D eigenvalue weighted by atomic mass is 10.1. The summed E-state index contributed by atoms with van der Waals surface area (Å²) < 4.78 is 0. The molecule has 108 valence electrons. The number of carbonyl (C=O) groups excluding carboxylic acids is 2. The third-order valence-electron chi connectivity index (χ3n) is 2.85. The second kappa shape index (κ2) is 6.00. The highest BCUT2D eigenvalue weighted by molar-refractivity contribution is 6.37. The summed E-state index contributed by atoms with van der Waals surface area (Å²) in [4.78, 5) is 33.1. The standard InChI is InChI=1S/C14H13N3O4/c15-9-3-1-8(2-4-9)5-10-6-11(17-16-10)12(18)7-13(19)14(20)21/h1-4,6H,5,7,15H2,(H,16,17)(H,20,21). The number of rotatable bonds is 6. The SMILES string of the molecule is Nc1ccc(Cc2cc(C(=O)CC(=O)C(=O)O)n[nH]2)cc1. The van der Waals surface area contributed by atoms with Crippen LogP contribution >= 0.6 is 0 Å². The number of nitrogen functional groups attached to an aromatic ring is 1. The molecule has 0 amide bonds. The van der Waals surface area contributed by atoms with Crippen molar-refractivity contribution in [2.24, 2.45) is 0 Å². The van der Waals surface area contributed by atoms with Crippen LogP contribution in [-0.4, -0.2) is 32.8 Å². The van der Waals surface area contributed by atoms with Crippen molar-refractivity contribution in [3.8, 4) is 0 Å². The van der Waals surface area contributed by atoms with Gasteiger partial charge in [-0.25, -0.2) is 4.79 Å². The molecule has 0 aliphatic rings. The molecule has 7 heteroatoms. The highest BCUT2D eigenvalue weighted by Gasteiger charge is 2.19. The number of H-pyrrole nitrogens is 1. The Morgan fingerprint density at radius 1 is 1.19 bits per heavy atom. The second-order valence-corrected chi connectivity index (χ2v) is 4.53. The number of ketones is 2. The predicted octanol–water partition coefficient (Wildman–Crippen LogP) is 0.809. The van der Waals surface area contributed by atoms with Crippen LogP contribution in [0.4, 0.5) is 5.69 Å². The van der Waals surface area contributed by atoms with Gasteiger partial charge >= 0.3 is 5.97 Å². The molecule has 1 aromatic heterocycles. The van der Waals surface area contributed by atoms with E-state index in [9.17, 15) is 14.4 Å². The quantitative estimate of drug-likeness (QED) is 0.312. The summed E-state index contributed by atoms with van der Waals surface area (Å²) in [6, 6.07) is 8.75. The summed E-state index contributed by atoms with van der Waals surface area (Å²) in [5.41, 5.74) is 7.97. The molecule has 2 aromatic rings. The molecule has 0 atom stereocenters. The Kier molecular flexibility index (Phi) is 4.13. The number of aromatic nitrogens is 2. The van der Waals surface area contributed by atoms with Gasteiger partial charge in [0.05, 0.1) is 6.42 Å². The van der Waals surface area contributed by atoms with Crippen molar-refractivity contribution in [1.82, 2.24) is 10.2 Å². The minimum atomic E-state index is -1.62. The van der Waals surface area contributed by atoms with Gasteiger partial charge < -0.3 is 10.8 Å². The number of hydrogen-bond acceptors (Lipinski definition) is 5. The Hall–Kier alpha value is -2.96. The Morgan fingerprint density at radius 2 is 1.86 bits per heavy atom. The van der Waals surface area contributed by atoms with Gasteiger partial charge in [-0.3, -0.25) is 14.7 Å². The van der Waals surface area contributed by atoms with Crippen LogP contribution in [-0.2, 0) is 16.0 Å². The Labute approximate surface area is 119 Å². The van der Waals surface area contributed by atoms with Gasteiger partial charge in [0.1, 0.15) is 5.69 Å². The monoisotopic (exact) mass is 287 g/mol. The molecule has 0 bridgehead atoms. The van der Waals surface area contributed by atoms with Gasteiger partial charge in [0, 0.05) is 17.8 Å². The van der Waals surface area contributed by atoms with Gasteiger partial charge in [0.15, 0.2) is 5.78 Å². The average Bonchev–Trinajstić information content (AvgIpc) is 2.90. The second-order valence-electron chi connectivity index (χ2n) is 4.53. The molecular weight excluding hydrogens is 274 g/mol. The van der Waals surface area contributed by atoms with Crippen molar-refractivity contribution >= 4 is 23.2 Å². The highest BCUT2D eigenvalue weighted by Crippen LogP contribution is 2.12. The van der Waals surface area contributed by atoms with Gasteiger partial charge in [-0.2, -0.15) is 5.10 Å². The zero-order valence-electron chi connectivity index (χ0n) is 11.0. The molecule has 0 fully saturated rings. The number of nitrogens with zero attached hydrogens (tertiary/aromatic N) is 1. The first-order valence-corrected chi connectivity index (χ1v) is 6.13.